The van der Waals surface area contributed by atoms with Crippen LogP contribution in [0.1, 0.15) is 15.9 Å². The highest BCUT2D eigenvalue weighted by Crippen LogP contribution is 2.23. The molecule has 1 heterocycles. The number of ketones is 1. The molecule has 2 nitrogen and oxygen atoms in total. The molecule has 0 aliphatic heterocycles. The second-order valence-corrected chi connectivity index (χ2v) is 5.40. The summed E-state index contributed by atoms with van der Waals surface area (Å²) < 4.78 is 28.0. The van der Waals surface area contributed by atoms with Crippen LogP contribution in [0.2, 0.25) is 0 Å². The molecular formula is C16H8BrF2NO. The van der Waals surface area contributed by atoms with E-state index >= 15 is 0 Å². The van der Waals surface area contributed by atoms with Crippen molar-refractivity contribution in [3.63, 3.8) is 0 Å². The lowest BCUT2D eigenvalue weighted by atomic mass is 10.0. The average molecular weight is 348 g/mol. The van der Waals surface area contributed by atoms with Crippen molar-refractivity contribution in [3.05, 3.63) is 75.9 Å². The van der Waals surface area contributed by atoms with E-state index in [4.69, 9.17) is 0 Å². The fraction of sp³-hybridized carbons (Fsp3) is 0. The molecule has 0 atom stereocenters. The van der Waals surface area contributed by atoms with E-state index in [1.807, 2.05) is 0 Å². The number of nitrogens with zero attached hydrogens (tertiary/aromatic N) is 1. The van der Waals surface area contributed by atoms with Crippen molar-refractivity contribution in [1.82, 2.24) is 4.98 Å². The fourth-order valence-electron chi connectivity index (χ4n) is 2.12. The minimum Gasteiger partial charge on any atom is -0.288 e. The summed E-state index contributed by atoms with van der Waals surface area (Å²) in [6.07, 6.45) is 1.64. The van der Waals surface area contributed by atoms with Crippen LogP contribution >= 0.6 is 15.9 Å². The van der Waals surface area contributed by atoms with Crippen LogP contribution < -0.4 is 0 Å². The van der Waals surface area contributed by atoms with Crippen molar-refractivity contribution in [2.75, 3.05) is 0 Å². The molecule has 3 rings (SSSR count). The number of pyridine rings is 1. The molecule has 0 spiro atoms. The molecule has 0 radical (unpaired) electrons. The summed E-state index contributed by atoms with van der Waals surface area (Å²) in [6, 6.07) is 10.4. The molecule has 3 aromatic rings. The van der Waals surface area contributed by atoms with Gasteiger partial charge in [0.2, 0.25) is 0 Å². The minimum atomic E-state index is -0.891. The van der Waals surface area contributed by atoms with Crippen LogP contribution in [0.15, 0.2) is 53.1 Å². The minimum absolute atomic E-state index is 0.218. The third kappa shape index (κ3) is 2.56. The Bertz CT molecular complexity index is 841. The third-order valence-electron chi connectivity index (χ3n) is 3.10. The molecule has 2 aromatic carbocycles. The molecular weight excluding hydrogens is 340 g/mol. The number of rotatable bonds is 2. The lowest BCUT2D eigenvalue weighted by Crippen LogP contribution is -2.07. The summed E-state index contributed by atoms with van der Waals surface area (Å²) in [5, 5.41) is 0.737. The van der Waals surface area contributed by atoms with Crippen molar-refractivity contribution < 1.29 is 13.6 Å². The maximum atomic E-state index is 13.9. The zero-order chi connectivity index (χ0) is 15.0. The monoisotopic (exact) mass is 347 g/mol. The van der Waals surface area contributed by atoms with Gasteiger partial charge in [-0.3, -0.25) is 9.78 Å². The first-order valence-electron chi connectivity index (χ1n) is 6.10. The highest BCUT2D eigenvalue weighted by atomic mass is 79.9. The smallest absolute Gasteiger partial charge is 0.198 e. The standard InChI is InChI=1S/C16H8BrF2NO/c17-11-7-12(18)15(13(19)8-11)16(21)10-3-4-14-9(6-10)2-1-5-20-14/h1-8H. The lowest BCUT2D eigenvalue weighted by Gasteiger charge is -2.06. The molecule has 0 unspecified atom stereocenters. The SMILES string of the molecule is O=C(c1ccc2ncccc2c1)c1c(F)cc(Br)cc1F. The number of hydrogen-bond donors (Lipinski definition) is 0. The van der Waals surface area contributed by atoms with E-state index in [0.717, 1.165) is 17.5 Å². The second kappa shape index (κ2) is 5.33. The molecule has 104 valence electrons. The predicted octanol–water partition coefficient (Wildman–Crippen LogP) is 4.51. The summed E-state index contributed by atoms with van der Waals surface area (Å²) in [4.78, 5) is 16.5. The maximum absolute atomic E-state index is 13.9. The number of benzene rings is 2. The van der Waals surface area contributed by atoms with Gasteiger partial charge in [0, 0.05) is 21.6 Å². The van der Waals surface area contributed by atoms with Crippen molar-refractivity contribution in [2.45, 2.75) is 0 Å². The summed E-state index contributed by atoms with van der Waals surface area (Å²) in [5.74, 6) is -2.47. The van der Waals surface area contributed by atoms with Crippen LogP contribution in [0.5, 0.6) is 0 Å². The molecule has 5 heteroatoms. The summed E-state index contributed by atoms with van der Waals surface area (Å²) in [6.45, 7) is 0. The molecule has 0 saturated heterocycles. The quantitative estimate of drug-likeness (QED) is 0.638. The number of hydrogen-bond acceptors (Lipinski definition) is 2. The van der Waals surface area contributed by atoms with Gasteiger partial charge < -0.3 is 0 Å². The van der Waals surface area contributed by atoms with Crippen molar-refractivity contribution >= 4 is 32.6 Å². The summed E-state index contributed by atoms with van der Waals surface area (Å²) in [5.41, 5.74) is 0.378. The second-order valence-electron chi connectivity index (χ2n) is 4.48. The number of halogens is 3. The Morgan fingerprint density at radius 2 is 1.76 bits per heavy atom. The van der Waals surface area contributed by atoms with Gasteiger partial charge in [0.1, 0.15) is 11.6 Å². The molecule has 0 N–H and O–H groups in total. The third-order valence-corrected chi connectivity index (χ3v) is 3.56. The molecule has 0 aliphatic rings. The number of aromatic nitrogens is 1. The van der Waals surface area contributed by atoms with Gasteiger partial charge in [0.05, 0.1) is 11.1 Å². The number of carbonyl (C=O) groups is 1. The first kappa shape index (κ1) is 13.8. The van der Waals surface area contributed by atoms with E-state index in [9.17, 15) is 13.6 Å². The topological polar surface area (TPSA) is 30.0 Å². The van der Waals surface area contributed by atoms with Gasteiger partial charge >= 0.3 is 0 Å². The zero-order valence-electron chi connectivity index (χ0n) is 10.6. The Morgan fingerprint density at radius 1 is 1.05 bits per heavy atom. The van der Waals surface area contributed by atoms with Crippen molar-refractivity contribution in [2.24, 2.45) is 0 Å². The van der Waals surface area contributed by atoms with E-state index in [0.29, 0.717) is 5.52 Å². The molecule has 0 saturated carbocycles. The first-order valence-corrected chi connectivity index (χ1v) is 6.89. The van der Waals surface area contributed by atoms with Crippen molar-refractivity contribution in [1.29, 1.82) is 0 Å². The maximum Gasteiger partial charge on any atom is 0.198 e. The Morgan fingerprint density at radius 3 is 2.48 bits per heavy atom. The van der Waals surface area contributed by atoms with Gasteiger partial charge in [-0.25, -0.2) is 8.78 Å². The van der Waals surface area contributed by atoms with E-state index in [1.54, 1.807) is 30.5 Å². The van der Waals surface area contributed by atoms with Gasteiger partial charge in [-0.1, -0.05) is 22.0 Å². The van der Waals surface area contributed by atoms with E-state index < -0.39 is 23.0 Å². The molecule has 0 fully saturated rings. The van der Waals surface area contributed by atoms with Gasteiger partial charge in [0.15, 0.2) is 5.78 Å². The van der Waals surface area contributed by atoms with Crippen LogP contribution in [-0.4, -0.2) is 10.8 Å². The normalized spacial score (nSPS) is 10.8. The van der Waals surface area contributed by atoms with Gasteiger partial charge in [0.25, 0.3) is 0 Å². The molecule has 1 aromatic heterocycles. The number of fused-ring (bicyclic) bond motifs is 1. The van der Waals surface area contributed by atoms with Crippen LogP contribution in [0.3, 0.4) is 0 Å². The van der Waals surface area contributed by atoms with Crippen LogP contribution in [-0.2, 0) is 0 Å². The first-order chi connectivity index (χ1) is 10.1. The van der Waals surface area contributed by atoms with Gasteiger partial charge in [-0.05, 0) is 36.4 Å². The van der Waals surface area contributed by atoms with Gasteiger partial charge in [-0.2, -0.15) is 0 Å². The Labute approximate surface area is 127 Å². The van der Waals surface area contributed by atoms with E-state index in [1.165, 1.54) is 6.07 Å². The highest BCUT2D eigenvalue weighted by Gasteiger charge is 2.20. The molecule has 0 amide bonds. The lowest BCUT2D eigenvalue weighted by molar-refractivity contribution is 0.103. The zero-order valence-corrected chi connectivity index (χ0v) is 12.2. The largest absolute Gasteiger partial charge is 0.288 e. The Kier molecular flexibility index (Phi) is 3.51. The predicted molar refractivity (Wildman–Crippen MR) is 79.2 cm³/mol. The van der Waals surface area contributed by atoms with Crippen LogP contribution in [0.25, 0.3) is 10.9 Å². The van der Waals surface area contributed by atoms with Gasteiger partial charge in [-0.15, -0.1) is 0 Å². The Hall–Kier alpha value is -2.14. The Balaban J connectivity index is 2.12. The molecule has 0 bridgehead atoms. The van der Waals surface area contributed by atoms with Crippen LogP contribution in [0, 0.1) is 11.6 Å². The average Bonchev–Trinajstić information content (AvgIpc) is 2.45. The number of carbonyl (C=O) groups excluding carboxylic acids is 1. The molecule has 0 aliphatic carbocycles. The summed E-state index contributed by atoms with van der Waals surface area (Å²) in [7, 11) is 0. The highest BCUT2D eigenvalue weighted by molar-refractivity contribution is 9.10. The molecule has 21 heavy (non-hydrogen) atoms. The van der Waals surface area contributed by atoms with Crippen LogP contribution in [0.4, 0.5) is 8.78 Å². The van der Waals surface area contributed by atoms with E-state index in [-0.39, 0.29) is 10.0 Å². The summed E-state index contributed by atoms with van der Waals surface area (Å²) >= 11 is 2.99. The fourth-order valence-corrected chi connectivity index (χ4v) is 2.52. The van der Waals surface area contributed by atoms with Crippen molar-refractivity contribution in [3.8, 4) is 0 Å². The van der Waals surface area contributed by atoms with E-state index in [2.05, 4.69) is 20.9 Å².